The van der Waals surface area contributed by atoms with Crippen LogP contribution in [0.3, 0.4) is 0 Å². The first-order valence-corrected chi connectivity index (χ1v) is 8.86. The van der Waals surface area contributed by atoms with Gasteiger partial charge in [0.15, 0.2) is 0 Å². The molecule has 3 aromatic rings. The van der Waals surface area contributed by atoms with Crippen LogP contribution in [0.1, 0.15) is 35.9 Å². The monoisotopic (exact) mass is 301 g/mol. The molecule has 0 aliphatic carbocycles. The summed E-state index contributed by atoms with van der Waals surface area (Å²) in [4.78, 5) is 1.47. The molecule has 0 aliphatic rings. The zero-order chi connectivity index (χ0) is 13.9. The minimum absolute atomic E-state index is 0.325. The van der Waals surface area contributed by atoms with E-state index in [4.69, 9.17) is 0 Å². The van der Waals surface area contributed by atoms with Crippen molar-refractivity contribution in [3.63, 3.8) is 0 Å². The Balaban J connectivity index is 2.11. The van der Waals surface area contributed by atoms with Crippen LogP contribution in [0, 0.1) is 0 Å². The molecular weight excluding hydrogens is 282 g/mol. The van der Waals surface area contributed by atoms with E-state index in [2.05, 4.69) is 60.3 Å². The van der Waals surface area contributed by atoms with Gasteiger partial charge in [-0.05, 0) is 52.4 Å². The summed E-state index contributed by atoms with van der Waals surface area (Å²) in [6.07, 6.45) is 1.10. The molecule has 0 aliphatic heterocycles. The lowest BCUT2D eigenvalue weighted by Crippen LogP contribution is -2.21. The van der Waals surface area contributed by atoms with Crippen molar-refractivity contribution in [2.75, 3.05) is 6.54 Å². The molecule has 20 heavy (non-hydrogen) atoms. The van der Waals surface area contributed by atoms with Gasteiger partial charge in [-0.1, -0.05) is 32.0 Å². The van der Waals surface area contributed by atoms with Gasteiger partial charge in [-0.2, -0.15) is 0 Å². The first-order chi connectivity index (χ1) is 9.85. The fourth-order valence-corrected chi connectivity index (χ4v) is 4.74. The molecule has 1 atom stereocenters. The molecule has 1 N–H and O–H groups in total. The van der Waals surface area contributed by atoms with Gasteiger partial charge < -0.3 is 5.32 Å². The Hall–Kier alpha value is -1.16. The van der Waals surface area contributed by atoms with Crippen molar-refractivity contribution in [3.05, 3.63) is 57.1 Å². The van der Waals surface area contributed by atoms with Gasteiger partial charge in [-0.25, -0.2) is 0 Å². The third-order valence-electron chi connectivity index (χ3n) is 3.65. The highest BCUT2D eigenvalue weighted by atomic mass is 32.1. The summed E-state index contributed by atoms with van der Waals surface area (Å²) in [6, 6.07) is 11.3. The maximum Gasteiger partial charge on any atom is 0.0687 e. The van der Waals surface area contributed by atoms with E-state index in [1.54, 1.807) is 0 Å². The zero-order valence-corrected chi connectivity index (χ0v) is 13.5. The van der Waals surface area contributed by atoms with E-state index in [1.165, 1.54) is 26.1 Å². The first-order valence-electron chi connectivity index (χ1n) is 7.11. The standard InChI is InChI=1S/C17H19NS2/c1-3-12-9-10-19-17(12)16(18-4-2)14-11-20-15-8-6-5-7-13(14)15/h5-11,16,18H,3-4H2,1-2H3. The number of benzene rings is 1. The van der Waals surface area contributed by atoms with Crippen LogP contribution in [0.25, 0.3) is 10.1 Å². The number of rotatable bonds is 5. The fraction of sp³-hybridized carbons (Fsp3) is 0.294. The summed E-state index contributed by atoms with van der Waals surface area (Å²) in [5.41, 5.74) is 2.89. The molecule has 0 saturated carbocycles. The molecule has 1 nitrogen and oxygen atoms in total. The number of nitrogens with one attached hydrogen (secondary N) is 1. The summed E-state index contributed by atoms with van der Waals surface area (Å²) >= 11 is 3.71. The van der Waals surface area contributed by atoms with Gasteiger partial charge in [0.2, 0.25) is 0 Å². The molecule has 0 bridgehead atoms. The minimum Gasteiger partial charge on any atom is -0.306 e. The third-order valence-corrected chi connectivity index (χ3v) is 5.66. The zero-order valence-electron chi connectivity index (χ0n) is 11.8. The Morgan fingerprint density at radius 2 is 1.95 bits per heavy atom. The Kier molecular flexibility index (Phi) is 4.20. The molecular formula is C17H19NS2. The normalized spacial score (nSPS) is 12.9. The lowest BCUT2D eigenvalue weighted by atomic mass is 10.0. The molecule has 3 heteroatoms. The quantitative estimate of drug-likeness (QED) is 0.681. The average Bonchev–Trinajstić information content (AvgIpc) is 3.11. The molecule has 0 saturated heterocycles. The van der Waals surface area contributed by atoms with Crippen LogP contribution < -0.4 is 5.32 Å². The van der Waals surface area contributed by atoms with Crippen LogP contribution in [0.2, 0.25) is 0 Å². The minimum atomic E-state index is 0.325. The van der Waals surface area contributed by atoms with Gasteiger partial charge >= 0.3 is 0 Å². The number of hydrogen-bond donors (Lipinski definition) is 1. The van der Waals surface area contributed by atoms with E-state index in [0.29, 0.717) is 6.04 Å². The van der Waals surface area contributed by atoms with E-state index < -0.39 is 0 Å². The van der Waals surface area contributed by atoms with Gasteiger partial charge in [0.1, 0.15) is 0 Å². The van der Waals surface area contributed by atoms with E-state index in [0.717, 1.165) is 13.0 Å². The van der Waals surface area contributed by atoms with Crippen molar-refractivity contribution >= 4 is 32.8 Å². The highest BCUT2D eigenvalue weighted by Crippen LogP contribution is 2.36. The van der Waals surface area contributed by atoms with Crippen LogP contribution in [-0.4, -0.2) is 6.54 Å². The maximum atomic E-state index is 3.67. The Morgan fingerprint density at radius 3 is 2.75 bits per heavy atom. The first kappa shape index (κ1) is 13.8. The molecule has 0 radical (unpaired) electrons. The van der Waals surface area contributed by atoms with E-state index >= 15 is 0 Å². The number of thiophene rings is 2. The van der Waals surface area contributed by atoms with Crippen LogP contribution >= 0.6 is 22.7 Å². The fourth-order valence-electron chi connectivity index (χ4n) is 2.66. The van der Waals surface area contributed by atoms with Crippen molar-refractivity contribution in [1.82, 2.24) is 5.32 Å². The Labute approximate surface area is 128 Å². The van der Waals surface area contributed by atoms with E-state index in [-0.39, 0.29) is 0 Å². The lowest BCUT2D eigenvalue weighted by Gasteiger charge is -2.18. The largest absolute Gasteiger partial charge is 0.306 e. The molecule has 1 aromatic carbocycles. The van der Waals surface area contributed by atoms with E-state index in [1.807, 2.05) is 22.7 Å². The predicted molar refractivity (Wildman–Crippen MR) is 91.0 cm³/mol. The average molecular weight is 301 g/mol. The summed E-state index contributed by atoms with van der Waals surface area (Å²) in [6.45, 7) is 5.40. The van der Waals surface area contributed by atoms with Crippen LogP contribution in [0.4, 0.5) is 0 Å². The van der Waals surface area contributed by atoms with Crippen molar-refractivity contribution in [3.8, 4) is 0 Å². The molecule has 1 unspecified atom stereocenters. The Bertz CT molecular complexity index is 696. The lowest BCUT2D eigenvalue weighted by molar-refractivity contribution is 0.640. The van der Waals surface area contributed by atoms with E-state index in [9.17, 15) is 0 Å². The number of fused-ring (bicyclic) bond motifs is 1. The molecule has 0 amide bonds. The number of aryl methyl sites for hydroxylation is 1. The summed E-state index contributed by atoms with van der Waals surface area (Å²) in [5.74, 6) is 0. The predicted octanol–water partition coefficient (Wildman–Crippen LogP) is 5.22. The third kappa shape index (κ3) is 2.41. The second kappa shape index (κ2) is 6.08. The smallest absolute Gasteiger partial charge is 0.0687 e. The molecule has 2 heterocycles. The van der Waals surface area contributed by atoms with Crippen LogP contribution in [-0.2, 0) is 6.42 Å². The molecule has 104 valence electrons. The van der Waals surface area contributed by atoms with Crippen molar-refractivity contribution < 1.29 is 0 Å². The molecule has 0 spiro atoms. The van der Waals surface area contributed by atoms with Crippen molar-refractivity contribution in [2.45, 2.75) is 26.3 Å². The van der Waals surface area contributed by atoms with Crippen LogP contribution in [0.15, 0.2) is 41.1 Å². The summed E-state index contributed by atoms with van der Waals surface area (Å²) in [5, 5.41) is 9.59. The van der Waals surface area contributed by atoms with Gasteiger partial charge in [0.25, 0.3) is 0 Å². The van der Waals surface area contributed by atoms with Gasteiger partial charge in [-0.15, -0.1) is 22.7 Å². The maximum absolute atomic E-state index is 3.67. The Morgan fingerprint density at radius 1 is 1.10 bits per heavy atom. The second-order valence-corrected chi connectivity index (χ2v) is 6.70. The van der Waals surface area contributed by atoms with Crippen molar-refractivity contribution in [1.29, 1.82) is 0 Å². The molecule has 3 rings (SSSR count). The van der Waals surface area contributed by atoms with Gasteiger partial charge in [0, 0.05) is 9.58 Å². The second-order valence-electron chi connectivity index (χ2n) is 4.84. The SMILES string of the molecule is CCNC(c1sccc1CC)c1csc2ccccc12. The number of hydrogen-bond acceptors (Lipinski definition) is 3. The van der Waals surface area contributed by atoms with Crippen molar-refractivity contribution in [2.24, 2.45) is 0 Å². The van der Waals surface area contributed by atoms with Gasteiger partial charge in [0.05, 0.1) is 6.04 Å². The molecule has 2 aromatic heterocycles. The van der Waals surface area contributed by atoms with Crippen LogP contribution in [0.5, 0.6) is 0 Å². The molecule has 0 fully saturated rings. The topological polar surface area (TPSA) is 12.0 Å². The highest BCUT2D eigenvalue weighted by molar-refractivity contribution is 7.17. The summed E-state index contributed by atoms with van der Waals surface area (Å²) in [7, 11) is 0. The van der Waals surface area contributed by atoms with Gasteiger partial charge in [-0.3, -0.25) is 0 Å². The highest BCUT2D eigenvalue weighted by Gasteiger charge is 2.20. The summed E-state index contributed by atoms with van der Waals surface area (Å²) < 4.78 is 1.38.